The van der Waals surface area contributed by atoms with E-state index in [4.69, 9.17) is 11.6 Å². The lowest BCUT2D eigenvalue weighted by Gasteiger charge is -2.01. The Morgan fingerprint density at radius 2 is 1.90 bits per heavy atom. The van der Waals surface area contributed by atoms with Crippen LogP contribution in [0.4, 0.5) is 5.95 Å². The molecule has 0 fully saturated rings. The highest BCUT2D eigenvalue weighted by Crippen LogP contribution is 2.12. The number of hydrazone groups is 1. The van der Waals surface area contributed by atoms with E-state index >= 15 is 0 Å². The molecule has 0 atom stereocenters. The second kappa shape index (κ2) is 5.76. The van der Waals surface area contributed by atoms with Crippen LogP contribution in [0.25, 0.3) is 10.9 Å². The van der Waals surface area contributed by atoms with Crippen LogP contribution in [0.1, 0.15) is 5.56 Å². The van der Waals surface area contributed by atoms with Crippen LogP contribution >= 0.6 is 11.6 Å². The molecule has 0 aliphatic heterocycles. The smallest absolute Gasteiger partial charge is 0.260 e. The molecule has 21 heavy (non-hydrogen) atoms. The van der Waals surface area contributed by atoms with Crippen LogP contribution in [0.2, 0.25) is 5.02 Å². The molecule has 0 spiro atoms. The average Bonchev–Trinajstić information content (AvgIpc) is 2.49. The molecule has 0 saturated carbocycles. The molecule has 3 aromatic rings. The van der Waals surface area contributed by atoms with E-state index in [1.807, 2.05) is 24.3 Å². The lowest BCUT2D eigenvalue weighted by molar-refractivity contribution is 1.12. The van der Waals surface area contributed by atoms with Crippen LogP contribution in [0.5, 0.6) is 0 Å². The lowest BCUT2D eigenvalue weighted by atomic mass is 10.2. The molecule has 0 bridgehead atoms. The zero-order chi connectivity index (χ0) is 14.7. The number of nitrogens with one attached hydrogen (secondary N) is 2. The van der Waals surface area contributed by atoms with Gasteiger partial charge in [0.05, 0.1) is 17.1 Å². The van der Waals surface area contributed by atoms with Crippen molar-refractivity contribution >= 4 is 34.7 Å². The first-order valence-corrected chi connectivity index (χ1v) is 6.64. The first-order valence-electron chi connectivity index (χ1n) is 6.27. The minimum atomic E-state index is -0.212. The second-order valence-electron chi connectivity index (χ2n) is 4.32. The summed E-state index contributed by atoms with van der Waals surface area (Å²) in [6.45, 7) is 0. The van der Waals surface area contributed by atoms with Crippen molar-refractivity contribution in [3.8, 4) is 0 Å². The third-order valence-electron chi connectivity index (χ3n) is 2.89. The number of fused-ring (bicyclic) bond motifs is 1. The van der Waals surface area contributed by atoms with Crippen molar-refractivity contribution in [1.29, 1.82) is 0 Å². The number of hydrogen-bond donors (Lipinski definition) is 2. The van der Waals surface area contributed by atoms with Crippen LogP contribution in [-0.2, 0) is 0 Å². The van der Waals surface area contributed by atoms with Gasteiger partial charge >= 0.3 is 0 Å². The van der Waals surface area contributed by atoms with Gasteiger partial charge in [0.25, 0.3) is 5.56 Å². The van der Waals surface area contributed by atoms with E-state index in [-0.39, 0.29) is 11.5 Å². The number of rotatable bonds is 3. The molecular weight excluding hydrogens is 288 g/mol. The Labute approximate surface area is 125 Å². The summed E-state index contributed by atoms with van der Waals surface area (Å²) in [5.41, 5.74) is 3.87. The number of aromatic nitrogens is 2. The third-order valence-corrected chi connectivity index (χ3v) is 3.24. The Bertz CT molecular complexity index is 873. The topological polar surface area (TPSA) is 70.1 Å². The molecule has 6 heteroatoms. The number of para-hydroxylation sites is 1. The van der Waals surface area contributed by atoms with Gasteiger partial charge < -0.3 is 0 Å². The first kappa shape index (κ1) is 13.3. The van der Waals surface area contributed by atoms with E-state index in [2.05, 4.69) is 20.5 Å². The molecule has 3 rings (SSSR count). The Morgan fingerprint density at radius 3 is 2.76 bits per heavy atom. The standard InChI is InChI=1S/C15H11ClN4O/c16-12-7-3-1-5-10(12)9-17-20-15-18-13-8-4-2-6-11(13)14(21)19-15/h1-9H,(H2,18,19,20,21). The van der Waals surface area contributed by atoms with Crippen molar-refractivity contribution in [2.75, 3.05) is 5.43 Å². The van der Waals surface area contributed by atoms with Crippen molar-refractivity contribution in [2.45, 2.75) is 0 Å². The summed E-state index contributed by atoms with van der Waals surface area (Å²) in [7, 11) is 0. The molecule has 0 amide bonds. The van der Waals surface area contributed by atoms with Gasteiger partial charge in [0.15, 0.2) is 0 Å². The highest BCUT2D eigenvalue weighted by atomic mass is 35.5. The number of aromatic amines is 1. The molecule has 0 aliphatic rings. The lowest BCUT2D eigenvalue weighted by Crippen LogP contribution is -2.10. The SMILES string of the molecule is O=c1[nH]c(NN=Cc2ccccc2Cl)nc2ccccc12. The van der Waals surface area contributed by atoms with Crippen LogP contribution in [-0.4, -0.2) is 16.2 Å². The maximum Gasteiger partial charge on any atom is 0.260 e. The molecule has 1 heterocycles. The number of benzene rings is 2. The maximum absolute atomic E-state index is 11.9. The quantitative estimate of drug-likeness (QED) is 0.577. The largest absolute Gasteiger partial charge is 0.291 e. The van der Waals surface area contributed by atoms with Gasteiger partial charge in [-0.15, -0.1) is 0 Å². The zero-order valence-electron chi connectivity index (χ0n) is 10.9. The summed E-state index contributed by atoms with van der Waals surface area (Å²) >= 11 is 6.02. The number of anilines is 1. The van der Waals surface area contributed by atoms with Crippen molar-refractivity contribution in [2.24, 2.45) is 5.10 Å². The van der Waals surface area contributed by atoms with Crippen LogP contribution in [0.3, 0.4) is 0 Å². The Morgan fingerprint density at radius 1 is 1.14 bits per heavy atom. The fourth-order valence-electron chi connectivity index (χ4n) is 1.88. The fraction of sp³-hybridized carbons (Fsp3) is 0. The molecule has 0 saturated heterocycles. The van der Waals surface area contributed by atoms with Crippen molar-refractivity contribution in [3.63, 3.8) is 0 Å². The Kier molecular flexibility index (Phi) is 3.66. The third kappa shape index (κ3) is 2.93. The van der Waals surface area contributed by atoms with Gasteiger partial charge in [-0.05, 0) is 18.2 Å². The molecule has 2 aromatic carbocycles. The van der Waals surface area contributed by atoms with Gasteiger partial charge in [-0.2, -0.15) is 5.10 Å². The van der Waals surface area contributed by atoms with Gasteiger partial charge in [-0.1, -0.05) is 41.9 Å². The summed E-state index contributed by atoms with van der Waals surface area (Å²) < 4.78 is 0. The summed E-state index contributed by atoms with van der Waals surface area (Å²) in [4.78, 5) is 18.8. The van der Waals surface area contributed by atoms with Crippen LogP contribution < -0.4 is 11.0 Å². The van der Waals surface area contributed by atoms with Crippen molar-refractivity contribution < 1.29 is 0 Å². The molecule has 5 nitrogen and oxygen atoms in total. The fourth-order valence-corrected chi connectivity index (χ4v) is 2.07. The summed E-state index contributed by atoms with van der Waals surface area (Å²) in [6, 6.07) is 14.4. The predicted octanol–water partition coefficient (Wildman–Crippen LogP) is 3.02. The molecule has 0 aliphatic carbocycles. The minimum Gasteiger partial charge on any atom is -0.291 e. The van der Waals surface area contributed by atoms with E-state index < -0.39 is 0 Å². The van der Waals surface area contributed by atoms with Gasteiger partial charge in [0, 0.05) is 10.6 Å². The normalized spacial score (nSPS) is 11.1. The highest BCUT2D eigenvalue weighted by Gasteiger charge is 2.01. The molecule has 2 N–H and O–H groups in total. The van der Waals surface area contributed by atoms with Gasteiger partial charge in [0.2, 0.25) is 5.95 Å². The number of nitrogens with zero attached hydrogens (tertiary/aromatic N) is 2. The molecule has 1 aromatic heterocycles. The van der Waals surface area contributed by atoms with E-state index in [1.165, 1.54) is 0 Å². The van der Waals surface area contributed by atoms with E-state index in [0.717, 1.165) is 5.56 Å². The zero-order valence-corrected chi connectivity index (χ0v) is 11.6. The highest BCUT2D eigenvalue weighted by molar-refractivity contribution is 6.33. The molecule has 0 radical (unpaired) electrons. The van der Waals surface area contributed by atoms with E-state index in [1.54, 1.807) is 30.5 Å². The van der Waals surface area contributed by atoms with Gasteiger partial charge in [-0.3, -0.25) is 9.78 Å². The van der Waals surface area contributed by atoms with Gasteiger partial charge in [-0.25, -0.2) is 10.4 Å². The summed E-state index contributed by atoms with van der Waals surface area (Å²) in [6.07, 6.45) is 1.57. The second-order valence-corrected chi connectivity index (χ2v) is 4.73. The molecular formula is C15H11ClN4O. The summed E-state index contributed by atoms with van der Waals surface area (Å²) in [5.74, 6) is 0.280. The minimum absolute atomic E-state index is 0.212. The monoisotopic (exact) mass is 298 g/mol. The summed E-state index contributed by atoms with van der Waals surface area (Å²) in [5, 5.41) is 5.17. The molecule has 104 valence electrons. The average molecular weight is 299 g/mol. The number of H-pyrrole nitrogens is 1. The van der Waals surface area contributed by atoms with E-state index in [9.17, 15) is 4.79 Å². The molecule has 0 unspecified atom stereocenters. The van der Waals surface area contributed by atoms with Crippen molar-refractivity contribution in [3.05, 3.63) is 69.5 Å². The Balaban J connectivity index is 1.86. The van der Waals surface area contributed by atoms with Crippen LogP contribution in [0, 0.1) is 0 Å². The van der Waals surface area contributed by atoms with E-state index in [0.29, 0.717) is 15.9 Å². The Hall–Kier alpha value is -2.66. The number of hydrogen-bond acceptors (Lipinski definition) is 4. The number of halogens is 1. The van der Waals surface area contributed by atoms with Crippen LogP contribution in [0.15, 0.2) is 58.4 Å². The first-order chi connectivity index (χ1) is 10.2. The van der Waals surface area contributed by atoms with Gasteiger partial charge in [0.1, 0.15) is 0 Å². The van der Waals surface area contributed by atoms with Crippen molar-refractivity contribution in [1.82, 2.24) is 9.97 Å². The predicted molar refractivity (Wildman–Crippen MR) is 85.0 cm³/mol. The maximum atomic E-state index is 11.9.